The minimum absolute atomic E-state index is 0.250. The van der Waals surface area contributed by atoms with E-state index >= 15 is 0 Å². The molecule has 6 rings (SSSR count). The van der Waals surface area contributed by atoms with Crippen LogP contribution in [0.4, 0.5) is 0 Å². The van der Waals surface area contributed by atoms with Gasteiger partial charge < -0.3 is 9.31 Å². The SMILES string of the molecule is Cc1cncc(-c2ncccn2)c1.Cc1cncc(B2OC(C)(C)C(C)(C)O2)c1.O=C=O.O=C=O.O=C=O.c1cnc(-c2cccnc2)nc1. The van der Waals surface area contributed by atoms with E-state index < -0.39 is 0 Å². The lowest BCUT2D eigenvalue weighted by Gasteiger charge is -2.32. The molecule has 0 aromatic carbocycles. The maximum atomic E-state index is 8.12. The average Bonchev–Trinajstić information content (AvgIpc) is 3.33. The monoisotopic (exact) mass is 679 g/mol. The Bertz CT molecular complexity index is 1730. The van der Waals surface area contributed by atoms with Crippen molar-refractivity contribution in [2.24, 2.45) is 0 Å². The molecule has 1 fully saturated rings. The second kappa shape index (κ2) is 22.3. The highest BCUT2D eigenvalue weighted by Crippen LogP contribution is 2.36. The second-order valence-electron chi connectivity index (χ2n) is 10.8. The summed E-state index contributed by atoms with van der Waals surface area (Å²) >= 11 is 0. The number of rotatable bonds is 3. The van der Waals surface area contributed by atoms with Crippen LogP contribution in [0.2, 0.25) is 0 Å². The van der Waals surface area contributed by atoms with Crippen LogP contribution < -0.4 is 5.46 Å². The number of pyridine rings is 3. The van der Waals surface area contributed by atoms with Crippen molar-refractivity contribution in [3.05, 3.63) is 109 Å². The molecule has 6 heterocycles. The van der Waals surface area contributed by atoms with E-state index in [0.29, 0.717) is 5.82 Å². The predicted octanol–water partition coefficient (Wildman–Crippen LogP) is 3.32. The van der Waals surface area contributed by atoms with Gasteiger partial charge in [0.1, 0.15) is 0 Å². The van der Waals surface area contributed by atoms with Gasteiger partial charge in [-0.15, -0.1) is 0 Å². The van der Waals surface area contributed by atoms with E-state index in [1.807, 2.05) is 44.4 Å². The smallest absolute Gasteiger partial charge is 0.399 e. The third kappa shape index (κ3) is 14.7. The zero-order chi connectivity index (χ0) is 37.4. The van der Waals surface area contributed by atoms with E-state index in [9.17, 15) is 0 Å². The number of hydrogen-bond acceptors (Lipinski definition) is 15. The summed E-state index contributed by atoms with van der Waals surface area (Å²) in [7, 11) is -0.308. The standard InChI is InChI=1S/C12H18BNO2.C10H9N3.C9H7N3.3CO2/c1-9-6-10(8-14-7-9)13-15-11(2,3)12(4,5)16-13;1-8-5-9(7-11-6-8)10-12-3-2-4-13-10;1-3-8(7-10-4-1)9-11-5-2-6-12-9;3*2-1-3/h6-8H,1-5H3;2-7H,1H3;1-7H;;;. The molecule has 0 aliphatic carbocycles. The van der Waals surface area contributed by atoms with E-state index in [-0.39, 0.29) is 36.8 Å². The van der Waals surface area contributed by atoms with Crippen molar-refractivity contribution in [2.45, 2.75) is 52.7 Å². The molecule has 5 aromatic rings. The number of hydrogen-bond donors (Lipinski definition) is 0. The van der Waals surface area contributed by atoms with Crippen LogP contribution in [0.25, 0.3) is 22.8 Å². The minimum Gasteiger partial charge on any atom is -0.399 e. The van der Waals surface area contributed by atoms with Gasteiger partial charge >= 0.3 is 25.6 Å². The van der Waals surface area contributed by atoms with Crippen molar-refractivity contribution in [1.82, 2.24) is 34.9 Å². The lowest BCUT2D eigenvalue weighted by Crippen LogP contribution is -2.41. The molecular weight excluding hydrogens is 645 g/mol. The number of carbonyl (C=O) groups excluding carboxylic acids is 6. The lowest BCUT2D eigenvalue weighted by atomic mass is 9.80. The van der Waals surface area contributed by atoms with Gasteiger partial charge in [0, 0.05) is 78.6 Å². The Balaban J connectivity index is 0.000000337. The van der Waals surface area contributed by atoms with Crippen LogP contribution in [0.5, 0.6) is 0 Å². The summed E-state index contributed by atoms with van der Waals surface area (Å²) in [5.41, 5.74) is 4.54. The molecule has 0 atom stereocenters. The first-order valence-electron chi connectivity index (χ1n) is 14.5. The molecule has 1 aliphatic heterocycles. The molecule has 15 nitrogen and oxygen atoms in total. The van der Waals surface area contributed by atoms with Gasteiger partial charge in [-0.1, -0.05) is 6.07 Å². The molecular formula is C34H34BN7O8. The third-order valence-corrected chi connectivity index (χ3v) is 6.61. The largest absolute Gasteiger partial charge is 0.496 e. The van der Waals surface area contributed by atoms with Crippen molar-refractivity contribution >= 4 is 31.0 Å². The van der Waals surface area contributed by atoms with Crippen LogP contribution in [0, 0.1) is 13.8 Å². The van der Waals surface area contributed by atoms with E-state index in [1.165, 1.54) is 0 Å². The van der Waals surface area contributed by atoms with Crippen molar-refractivity contribution < 1.29 is 38.1 Å². The molecule has 1 aliphatic rings. The Morgan fingerprint density at radius 2 is 0.960 bits per heavy atom. The highest BCUT2D eigenvalue weighted by atomic mass is 16.7. The zero-order valence-electron chi connectivity index (χ0n) is 28.2. The molecule has 0 N–H and O–H groups in total. The highest BCUT2D eigenvalue weighted by Gasteiger charge is 2.51. The quantitative estimate of drug-likeness (QED) is 0.250. The van der Waals surface area contributed by atoms with Gasteiger partial charge in [-0.3, -0.25) is 15.0 Å². The topological polar surface area (TPSA) is 211 Å². The van der Waals surface area contributed by atoms with Gasteiger partial charge in [-0.2, -0.15) is 28.8 Å². The van der Waals surface area contributed by atoms with Crippen LogP contribution in [0.1, 0.15) is 38.8 Å². The van der Waals surface area contributed by atoms with E-state index in [4.69, 9.17) is 38.1 Å². The van der Waals surface area contributed by atoms with Crippen molar-refractivity contribution in [3.63, 3.8) is 0 Å². The molecule has 256 valence electrons. The summed E-state index contributed by atoms with van der Waals surface area (Å²) in [6, 6.07) is 11.5. The number of aryl methyl sites for hydroxylation is 2. The Morgan fingerprint density at radius 1 is 0.540 bits per heavy atom. The molecule has 16 heteroatoms. The summed E-state index contributed by atoms with van der Waals surface area (Å²) in [6.45, 7) is 12.2. The fourth-order valence-corrected chi connectivity index (χ4v) is 3.75. The first-order valence-corrected chi connectivity index (χ1v) is 14.5. The average molecular weight is 679 g/mol. The fraction of sp³-hybridized carbons (Fsp3) is 0.235. The molecule has 0 saturated carbocycles. The molecule has 0 amide bonds. The van der Waals surface area contributed by atoms with Crippen molar-refractivity contribution in [1.29, 1.82) is 0 Å². The molecule has 0 unspecified atom stereocenters. The van der Waals surface area contributed by atoms with Gasteiger partial charge in [-0.05, 0) is 83.0 Å². The maximum absolute atomic E-state index is 8.12. The predicted molar refractivity (Wildman–Crippen MR) is 175 cm³/mol. The zero-order valence-corrected chi connectivity index (χ0v) is 28.2. The summed E-state index contributed by atoms with van der Waals surface area (Å²) in [4.78, 5) is 77.4. The minimum atomic E-state index is -0.308. The Morgan fingerprint density at radius 3 is 1.38 bits per heavy atom. The van der Waals surface area contributed by atoms with Crippen molar-refractivity contribution in [3.8, 4) is 22.8 Å². The molecule has 5 aromatic heterocycles. The first kappa shape index (κ1) is 41.8. The van der Waals surface area contributed by atoms with Crippen LogP contribution in [0.3, 0.4) is 0 Å². The molecule has 0 radical (unpaired) electrons. The Labute approximate surface area is 288 Å². The number of nitrogens with zero attached hydrogens (tertiary/aromatic N) is 7. The van der Waals surface area contributed by atoms with Crippen LogP contribution in [-0.4, -0.2) is 71.7 Å². The van der Waals surface area contributed by atoms with Gasteiger partial charge in [-0.25, -0.2) is 19.9 Å². The van der Waals surface area contributed by atoms with Crippen molar-refractivity contribution in [2.75, 3.05) is 0 Å². The second-order valence-corrected chi connectivity index (χ2v) is 10.8. The summed E-state index contributed by atoms with van der Waals surface area (Å²) < 4.78 is 11.9. The number of aromatic nitrogens is 7. The summed E-state index contributed by atoms with van der Waals surface area (Å²) in [6.07, 6.45) is 18.3. The maximum Gasteiger partial charge on any atom is 0.496 e. The first-order chi connectivity index (χ1) is 23.9. The van der Waals surface area contributed by atoms with Gasteiger partial charge in [0.05, 0.1) is 11.2 Å². The van der Waals surface area contributed by atoms with E-state index in [2.05, 4.69) is 68.6 Å². The normalized spacial score (nSPS) is 12.6. The van der Waals surface area contributed by atoms with Crippen LogP contribution >= 0.6 is 0 Å². The Hall–Kier alpha value is -6.27. The molecule has 50 heavy (non-hydrogen) atoms. The lowest BCUT2D eigenvalue weighted by molar-refractivity contribution is -0.193. The van der Waals surface area contributed by atoms with Gasteiger partial charge in [0.15, 0.2) is 11.6 Å². The van der Waals surface area contributed by atoms with Crippen LogP contribution in [0.15, 0.2) is 98.4 Å². The van der Waals surface area contributed by atoms with Gasteiger partial charge in [0.25, 0.3) is 0 Å². The molecule has 1 saturated heterocycles. The van der Waals surface area contributed by atoms with Crippen LogP contribution in [-0.2, 0) is 38.1 Å². The molecule has 0 spiro atoms. The fourth-order valence-electron chi connectivity index (χ4n) is 3.75. The summed E-state index contributed by atoms with van der Waals surface area (Å²) in [5, 5.41) is 0. The summed E-state index contributed by atoms with van der Waals surface area (Å²) in [5.74, 6) is 1.43. The third-order valence-electron chi connectivity index (χ3n) is 6.61. The highest BCUT2D eigenvalue weighted by molar-refractivity contribution is 6.62. The van der Waals surface area contributed by atoms with E-state index in [1.54, 1.807) is 61.7 Å². The Kier molecular flexibility index (Phi) is 18.6. The van der Waals surface area contributed by atoms with E-state index in [0.717, 1.165) is 33.5 Å². The van der Waals surface area contributed by atoms with Gasteiger partial charge in [0.2, 0.25) is 0 Å². The molecule has 0 bridgehead atoms.